The van der Waals surface area contributed by atoms with Gasteiger partial charge in [0.2, 0.25) is 0 Å². The predicted molar refractivity (Wildman–Crippen MR) is 152 cm³/mol. The van der Waals surface area contributed by atoms with Crippen LogP contribution in [0.3, 0.4) is 0 Å². The average molecular weight is 525 g/mol. The molecule has 5 heteroatoms. The zero-order valence-electron chi connectivity index (χ0n) is 19.7. The van der Waals surface area contributed by atoms with Crippen LogP contribution in [0.15, 0.2) is 152 Å². The minimum atomic E-state index is 0.819. The molecule has 0 N–H and O–H groups in total. The van der Waals surface area contributed by atoms with E-state index in [0.717, 1.165) is 32.8 Å². The van der Waals surface area contributed by atoms with Gasteiger partial charge < -0.3 is 9.47 Å². The van der Waals surface area contributed by atoms with Gasteiger partial charge in [-0.25, -0.2) is 0 Å². The SMILES string of the molecule is CSc1ccc(Oc2ccc(Sc3ccc(Oc4ccc(Sc5ccccc5)cc4)cc3)cc2)cc1. The first-order valence-corrected chi connectivity index (χ1v) is 14.3. The van der Waals surface area contributed by atoms with Crippen LogP contribution in [0.4, 0.5) is 0 Å². The van der Waals surface area contributed by atoms with Crippen molar-refractivity contribution in [1.82, 2.24) is 0 Å². The molecule has 0 saturated heterocycles. The van der Waals surface area contributed by atoms with Crippen LogP contribution in [0.25, 0.3) is 0 Å². The number of hydrogen-bond acceptors (Lipinski definition) is 5. The summed E-state index contributed by atoms with van der Waals surface area (Å²) in [6, 6.07) is 43.0. The lowest BCUT2D eigenvalue weighted by atomic mass is 10.3. The van der Waals surface area contributed by atoms with Crippen LogP contribution in [-0.4, -0.2) is 6.26 Å². The highest BCUT2D eigenvalue weighted by atomic mass is 32.2. The van der Waals surface area contributed by atoms with E-state index in [9.17, 15) is 0 Å². The molecule has 0 amide bonds. The molecule has 0 heterocycles. The van der Waals surface area contributed by atoms with Gasteiger partial charge in [-0.2, -0.15) is 0 Å². The maximum absolute atomic E-state index is 6.04. The Morgan fingerprint density at radius 3 is 1.00 bits per heavy atom. The fraction of sp³-hybridized carbons (Fsp3) is 0.0323. The second kappa shape index (κ2) is 12.1. The second-order valence-electron chi connectivity index (χ2n) is 7.81. The zero-order chi connectivity index (χ0) is 24.6. The molecule has 0 unspecified atom stereocenters. The van der Waals surface area contributed by atoms with Crippen molar-refractivity contribution in [3.05, 3.63) is 127 Å². The fourth-order valence-corrected chi connectivity index (χ4v) is 5.47. The number of thioether (sulfide) groups is 1. The monoisotopic (exact) mass is 524 g/mol. The van der Waals surface area contributed by atoms with Crippen LogP contribution < -0.4 is 9.47 Å². The normalized spacial score (nSPS) is 10.7. The van der Waals surface area contributed by atoms with Gasteiger partial charge in [-0.05, 0) is 115 Å². The maximum atomic E-state index is 6.04. The molecule has 0 fully saturated rings. The lowest BCUT2D eigenvalue weighted by Gasteiger charge is -2.09. The summed E-state index contributed by atoms with van der Waals surface area (Å²) in [6.07, 6.45) is 2.07. The van der Waals surface area contributed by atoms with E-state index in [2.05, 4.69) is 79.1 Å². The summed E-state index contributed by atoms with van der Waals surface area (Å²) in [5.41, 5.74) is 0. The van der Waals surface area contributed by atoms with Crippen LogP contribution in [0.2, 0.25) is 0 Å². The molecule has 0 saturated carbocycles. The molecule has 0 atom stereocenters. The van der Waals surface area contributed by atoms with Crippen molar-refractivity contribution in [3.63, 3.8) is 0 Å². The predicted octanol–water partition coefficient (Wildman–Crippen LogP) is 10.3. The lowest BCUT2D eigenvalue weighted by molar-refractivity contribution is 0.481. The quantitative estimate of drug-likeness (QED) is 0.178. The first-order valence-electron chi connectivity index (χ1n) is 11.4. The van der Waals surface area contributed by atoms with Crippen LogP contribution in [-0.2, 0) is 0 Å². The Hall–Kier alpha value is -3.25. The maximum Gasteiger partial charge on any atom is 0.127 e. The Bertz CT molecular complexity index is 1370. The lowest BCUT2D eigenvalue weighted by Crippen LogP contribution is -1.85. The fourth-order valence-electron chi connectivity index (χ4n) is 3.40. The van der Waals surface area contributed by atoms with Crippen molar-refractivity contribution >= 4 is 35.3 Å². The van der Waals surface area contributed by atoms with Gasteiger partial charge in [0.25, 0.3) is 0 Å². The minimum Gasteiger partial charge on any atom is -0.457 e. The summed E-state index contributed by atoms with van der Waals surface area (Å²) in [5, 5.41) is 0. The molecule has 5 aromatic carbocycles. The minimum absolute atomic E-state index is 0.819. The molecule has 0 aliphatic carbocycles. The third kappa shape index (κ3) is 6.91. The van der Waals surface area contributed by atoms with E-state index in [1.807, 2.05) is 54.6 Å². The highest BCUT2D eigenvalue weighted by Crippen LogP contribution is 2.33. The summed E-state index contributed by atoms with van der Waals surface area (Å²) in [5.74, 6) is 3.31. The van der Waals surface area contributed by atoms with Crippen LogP contribution in [0.5, 0.6) is 23.0 Å². The Balaban J connectivity index is 1.14. The standard InChI is InChI=1S/C31H24O2S3/c1-34-27-15-7-23(8-16-27)32-24-11-19-30(20-12-24)36-31-21-13-26(14-22-31)33-25-9-17-29(18-10-25)35-28-5-3-2-4-6-28/h2-22H,1H3. The van der Waals surface area contributed by atoms with E-state index in [1.165, 1.54) is 14.7 Å². The molecule has 0 radical (unpaired) electrons. The third-order valence-corrected chi connectivity index (χ3v) is 7.99. The van der Waals surface area contributed by atoms with Crippen molar-refractivity contribution in [1.29, 1.82) is 0 Å². The zero-order valence-corrected chi connectivity index (χ0v) is 22.1. The van der Waals surface area contributed by atoms with Gasteiger partial charge in [0.15, 0.2) is 0 Å². The number of hydrogen-bond donors (Lipinski definition) is 0. The molecular weight excluding hydrogens is 501 g/mol. The van der Waals surface area contributed by atoms with E-state index in [-0.39, 0.29) is 0 Å². The van der Waals surface area contributed by atoms with Gasteiger partial charge in [0.05, 0.1) is 0 Å². The van der Waals surface area contributed by atoms with E-state index in [1.54, 1.807) is 35.3 Å². The number of benzene rings is 5. The van der Waals surface area contributed by atoms with Crippen molar-refractivity contribution < 1.29 is 9.47 Å². The van der Waals surface area contributed by atoms with Gasteiger partial charge in [0, 0.05) is 24.5 Å². The smallest absolute Gasteiger partial charge is 0.127 e. The third-order valence-electron chi connectivity index (χ3n) is 5.22. The van der Waals surface area contributed by atoms with Gasteiger partial charge in [-0.3, -0.25) is 0 Å². The van der Waals surface area contributed by atoms with E-state index in [4.69, 9.17) is 9.47 Å². The molecule has 36 heavy (non-hydrogen) atoms. The van der Waals surface area contributed by atoms with E-state index in [0.29, 0.717) is 0 Å². The Labute approximate surface area is 225 Å². The molecule has 0 aliphatic rings. The van der Waals surface area contributed by atoms with Crippen molar-refractivity contribution in [2.45, 2.75) is 24.5 Å². The molecule has 2 nitrogen and oxygen atoms in total. The molecule has 0 bridgehead atoms. The molecule has 0 aromatic heterocycles. The topological polar surface area (TPSA) is 18.5 Å². The van der Waals surface area contributed by atoms with Gasteiger partial charge in [-0.15, -0.1) is 11.8 Å². The Morgan fingerprint density at radius 1 is 0.361 bits per heavy atom. The second-order valence-corrected chi connectivity index (χ2v) is 11.0. The highest BCUT2D eigenvalue weighted by molar-refractivity contribution is 7.99. The summed E-state index contributed by atoms with van der Waals surface area (Å²) in [6.45, 7) is 0. The van der Waals surface area contributed by atoms with Crippen LogP contribution >= 0.6 is 35.3 Å². The average Bonchev–Trinajstić information content (AvgIpc) is 2.93. The van der Waals surface area contributed by atoms with Crippen LogP contribution in [0.1, 0.15) is 0 Å². The van der Waals surface area contributed by atoms with Gasteiger partial charge in [0.1, 0.15) is 23.0 Å². The van der Waals surface area contributed by atoms with Crippen LogP contribution in [0, 0.1) is 0 Å². The summed E-state index contributed by atoms with van der Waals surface area (Å²) < 4.78 is 12.0. The van der Waals surface area contributed by atoms with E-state index >= 15 is 0 Å². The van der Waals surface area contributed by atoms with Crippen molar-refractivity contribution in [3.8, 4) is 23.0 Å². The summed E-state index contributed by atoms with van der Waals surface area (Å²) in [7, 11) is 0. The Kier molecular flexibility index (Phi) is 8.24. The molecule has 5 aromatic rings. The molecule has 5 rings (SSSR count). The molecule has 178 valence electrons. The number of ether oxygens (including phenoxy) is 2. The summed E-state index contributed by atoms with van der Waals surface area (Å²) >= 11 is 5.17. The molecule has 0 aliphatic heterocycles. The van der Waals surface area contributed by atoms with Crippen molar-refractivity contribution in [2.75, 3.05) is 6.26 Å². The number of rotatable bonds is 9. The van der Waals surface area contributed by atoms with E-state index < -0.39 is 0 Å². The molecular formula is C31H24O2S3. The van der Waals surface area contributed by atoms with Gasteiger partial charge >= 0.3 is 0 Å². The first kappa shape index (κ1) is 24.4. The largest absolute Gasteiger partial charge is 0.457 e. The highest BCUT2D eigenvalue weighted by Gasteiger charge is 2.04. The van der Waals surface area contributed by atoms with Gasteiger partial charge in [-0.1, -0.05) is 41.7 Å². The first-order chi connectivity index (χ1) is 17.7. The molecule has 0 spiro atoms. The summed E-state index contributed by atoms with van der Waals surface area (Å²) in [4.78, 5) is 5.94. The Morgan fingerprint density at radius 2 is 0.667 bits per heavy atom. The van der Waals surface area contributed by atoms with Crippen molar-refractivity contribution in [2.24, 2.45) is 0 Å².